The Labute approximate surface area is 97.9 Å². The molecule has 3 N–H and O–H groups in total. The van der Waals surface area contributed by atoms with Gasteiger partial charge in [-0.05, 0) is 24.1 Å². The van der Waals surface area contributed by atoms with Crippen LogP contribution in [0.2, 0.25) is 5.02 Å². The Balaban J connectivity index is 2.92. The van der Waals surface area contributed by atoms with Crippen LogP contribution in [-0.4, -0.2) is 0 Å². The molecule has 1 rings (SSSR count). The summed E-state index contributed by atoms with van der Waals surface area (Å²) in [5.74, 6) is 5.49. The number of hydrogen-bond donors (Lipinski definition) is 2. The summed E-state index contributed by atoms with van der Waals surface area (Å²) in [7, 11) is 0. The van der Waals surface area contributed by atoms with Gasteiger partial charge in [0.25, 0.3) is 0 Å². The van der Waals surface area contributed by atoms with Crippen molar-refractivity contribution in [3.05, 3.63) is 33.3 Å². The van der Waals surface area contributed by atoms with Crippen LogP contribution in [0.15, 0.2) is 22.7 Å². The molecule has 0 aliphatic heterocycles. The van der Waals surface area contributed by atoms with Gasteiger partial charge in [0.1, 0.15) is 0 Å². The smallest absolute Gasteiger partial charge is 0.0471 e. The van der Waals surface area contributed by atoms with Crippen LogP contribution in [0.5, 0.6) is 0 Å². The third-order valence-corrected chi connectivity index (χ3v) is 3.04. The van der Waals surface area contributed by atoms with Gasteiger partial charge in [-0.3, -0.25) is 11.3 Å². The zero-order valence-corrected chi connectivity index (χ0v) is 10.4. The van der Waals surface area contributed by atoms with Crippen molar-refractivity contribution < 1.29 is 0 Å². The Kier molecular flexibility index (Phi) is 4.89. The minimum Gasteiger partial charge on any atom is -0.271 e. The second kappa shape index (κ2) is 5.71. The third-order valence-electron chi connectivity index (χ3n) is 2.12. The first-order valence-electron chi connectivity index (χ1n) is 4.60. The maximum atomic E-state index is 5.86. The highest BCUT2D eigenvalue weighted by atomic mass is 79.9. The lowest BCUT2D eigenvalue weighted by Gasteiger charge is -2.16. The van der Waals surface area contributed by atoms with E-state index < -0.39 is 0 Å². The normalized spacial score (nSPS) is 12.9. The molecule has 1 atom stereocenters. The SMILES string of the molecule is CCCC(NN)c1ccc(Cl)cc1Br. The summed E-state index contributed by atoms with van der Waals surface area (Å²) in [6.07, 6.45) is 2.10. The molecular weight excluding hydrogens is 263 g/mol. The lowest BCUT2D eigenvalue weighted by Crippen LogP contribution is -2.28. The number of nitrogens with two attached hydrogens (primary N) is 1. The van der Waals surface area contributed by atoms with E-state index in [-0.39, 0.29) is 6.04 Å². The summed E-state index contributed by atoms with van der Waals surface area (Å²) in [5.41, 5.74) is 3.96. The minimum atomic E-state index is 0.187. The summed E-state index contributed by atoms with van der Waals surface area (Å²) in [6, 6.07) is 5.94. The van der Waals surface area contributed by atoms with E-state index in [4.69, 9.17) is 17.4 Å². The van der Waals surface area contributed by atoms with Crippen LogP contribution in [0.25, 0.3) is 0 Å². The van der Waals surface area contributed by atoms with Crippen LogP contribution in [0.3, 0.4) is 0 Å². The number of hydrazine groups is 1. The van der Waals surface area contributed by atoms with Crippen molar-refractivity contribution in [2.75, 3.05) is 0 Å². The molecule has 4 heteroatoms. The van der Waals surface area contributed by atoms with Gasteiger partial charge < -0.3 is 0 Å². The molecule has 1 aromatic carbocycles. The van der Waals surface area contributed by atoms with Crippen molar-refractivity contribution in [3.8, 4) is 0 Å². The van der Waals surface area contributed by atoms with E-state index >= 15 is 0 Å². The third kappa shape index (κ3) is 2.95. The Morgan fingerprint density at radius 2 is 2.29 bits per heavy atom. The van der Waals surface area contributed by atoms with Crippen molar-refractivity contribution in [2.45, 2.75) is 25.8 Å². The van der Waals surface area contributed by atoms with Crippen LogP contribution < -0.4 is 11.3 Å². The number of rotatable bonds is 4. The van der Waals surface area contributed by atoms with Crippen LogP contribution >= 0.6 is 27.5 Å². The molecular formula is C10H14BrClN2. The molecule has 0 saturated heterocycles. The summed E-state index contributed by atoms with van der Waals surface area (Å²) in [6.45, 7) is 2.13. The molecule has 14 heavy (non-hydrogen) atoms. The maximum absolute atomic E-state index is 5.86. The van der Waals surface area contributed by atoms with Gasteiger partial charge >= 0.3 is 0 Å². The van der Waals surface area contributed by atoms with E-state index in [2.05, 4.69) is 28.3 Å². The average Bonchev–Trinajstić information content (AvgIpc) is 2.15. The van der Waals surface area contributed by atoms with Crippen molar-refractivity contribution in [3.63, 3.8) is 0 Å². The summed E-state index contributed by atoms with van der Waals surface area (Å²) in [4.78, 5) is 0. The van der Waals surface area contributed by atoms with Gasteiger partial charge in [-0.2, -0.15) is 0 Å². The summed E-state index contributed by atoms with van der Waals surface area (Å²) < 4.78 is 1.00. The second-order valence-corrected chi connectivity index (χ2v) is 4.46. The molecule has 0 aromatic heterocycles. The summed E-state index contributed by atoms with van der Waals surface area (Å²) >= 11 is 9.34. The molecule has 0 fully saturated rings. The topological polar surface area (TPSA) is 38.0 Å². The number of nitrogens with one attached hydrogen (secondary N) is 1. The van der Waals surface area contributed by atoms with Gasteiger partial charge in [0.05, 0.1) is 0 Å². The van der Waals surface area contributed by atoms with E-state index in [9.17, 15) is 0 Å². The number of benzene rings is 1. The molecule has 0 amide bonds. The first-order chi connectivity index (χ1) is 6.69. The quantitative estimate of drug-likeness (QED) is 0.654. The van der Waals surface area contributed by atoms with Crippen LogP contribution in [-0.2, 0) is 0 Å². The highest BCUT2D eigenvalue weighted by molar-refractivity contribution is 9.10. The van der Waals surface area contributed by atoms with Crippen molar-refractivity contribution in [1.82, 2.24) is 5.43 Å². The van der Waals surface area contributed by atoms with E-state index in [0.29, 0.717) is 0 Å². The predicted octanol–water partition coefficient (Wildman–Crippen LogP) is 3.41. The van der Waals surface area contributed by atoms with Gasteiger partial charge in [0.2, 0.25) is 0 Å². The molecule has 0 bridgehead atoms. The molecule has 2 nitrogen and oxygen atoms in total. The lowest BCUT2D eigenvalue weighted by molar-refractivity contribution is 0.508. The van der Waals surface area contributed by atoms with Gasteiger partial charge in [-0.25, -0.2) is 0 Å². The van der Waals surface area contributed by atoms with Gasteiger partial charge in [-0.1, -0.05) is 46.9 Å². The van der Waals surface area contributed by atoms with E-state index in [1.165, 1.54) is 0 Å². The van der Waals surface area contributed by atoms with Crippen molar-refractivity contribution in [2.24, 2.45) is 5.84 Å². The zero-order valence-electron chi connectivity index (χ0n) is 8.06. The molecule has 0 aliphatic rings. The first-order valence-corrected chi connectivity index (χ1v) is 5.77. The fourth-order valence-electron chi connectivity index (χ4n) is 1.40. The molecule has 0 heterocycles. The molecule has 0 aliphatic carbocycles. The molecule has 0 radical (unpaired) electrons. The standard InChI is InChI=1S/C10H14BrClN2/c1-2-3-10(14-13)8-5-4-7(12)6-9(8)11/h4-6,10,14H,2-3,13H2,1H3. The molecule has 0 spiro atoms. The Morgan fingerprint density at radius 1 is 1.57 bits per heavy atom. The lowest BCUT2D eigenvalue weighted by atomic mass is 10.0. The van der Waals surface area contributed by atoms with E-state index in [1.807, 2.05) is 18.2 Å². The van der Waals surface area contributed by atoms with Crippen LogP contribution in [0.1, 0.15) is 31.4 Å². The van der Waals surface area contributed by atoms with E-state index in [0.717, 1.165) is 27.9 Å². The fourth-order valence-corrected chi connectivity index (χ4v) is 2.36. The minimum absolute atomic E-state index is 0.187. The molecule has 1 unspecified atom stereocenters. The molecule has 1 aromatic rings. The van der Waals surface area contributed by atoms with Crippen molar-refractivity contribution in [1.29, 1.82) is 0 Å². The maximum Gasteiger partial charge on any atom is 0.0471 e. The number of hydrogen-bond acceptors (Lipinski definition) is 2. The van der Waals surface area contributed by atoms with Gasteiger partial charge in [0.15, 0.2) is 0 Å². The van der Waals surface area contributed by atoms with Crippen molar-refractivity contribution >= 4 is 27.5 Å². The Morgan fingerprint density at radius 3 is 2.79 bits per heavy atom. The summed E-state index contributed by atoms with van der Waals surface area (Å²) in [5, 5.41) is 0.730. The monoisotopic (exact) mass is 276 g/mol. The predicted molar refractivity (Wildman–Crippen MR) is 64.1 cm³/mol. The highest BCUT2D eigenvalue weighted by Gasteiger charge is 2.11. The zero-order chi connectivity index (χ0) is 10.6. The molecule has 0 saturated carbocycles. The number of halogens is 2. The van der Waals surface area contributed by atoms with Crippen LogP contribution in [0, 0.1) is 0 Å². The average molecular weight is 278 g/mol. The van der Waals surface area contributed by atoms with Gasteiger partial charge in [-0.15, -0.1) is 0 Å². The Hall–Kier alpha value is -0.0900. The van der Waals surface area contributed by atoms with E-state index in [1.54, 1.807) is 0 Å². The fraction of sp³-hybridized carbons (Fsp3) is 0.400. The van der Waals surface area contributed by atoms with Gasteiger partial charge in [0, 0.05) is 15.5 Å². The first kappa shape index (κ1) is 12.0. The molecule has 78 valence electrons. The highest BCUT2D eigenvalue weighted by Crippen LogP contribution is 2.28. The largest absolute Gasteiger partial charge is 0.271 e. The van der Waals surface area contributed by atoms with Crippen LogP contribution in [0.4, 0.5) is 0 Å². The second-order valence-electron chi connectivity index (χ2n) is 3.17. The Bertz CT molecular complexity index is 304.